The second-order valence-electron chi connectivity index (χ2n) is 5.39. The highest BCUT2D eigenvalue weighted by Crippen LogP contribution is 2.27. The first-order valence-electron chi connectivity index (χ1n) is 7.31. The molecule has 0 saturated heterocycles. The Balaban J connectivity index is 1.87. The van der Waals surface area contributed by atoms with Gasteiger partial charge in [-0.2, -0.15) is 0 Å². The number of hydrogen-bond acceptors (Lipinski definition) is 4. The third-order valence-corrected chi connectivity index (χ3v) is 3.55. The second-order valence-corrected chi connectivity index (χ2v) is 5.39. The first-order chi connectivity index (χ1) is 10.2. The molecule has 1 amide bonds. The number of esters is 1. The molecule has 1 unspecified atom stereocenters. The largest absolute Gasteiger partial charge is 0.469 e. The SMILES string of the molecule is COC(=O)CC(NC(=O)CNCC1CC1)c1ccccc1. The van der Waals surface area contributed by atoms with Crippen LogP contribution in [0.15, 0.2) is 30.3 Å². The number of ether oxygens (including phenoxy) is 1. The van der Waals surface area contributed by atoms with Crippen molar-refractivity contribution in [2.75, 3.05) is 20.2 Å². The maximum absolute atomic E-state index is 12.0. The number of carbonyl (C=O) groups excluding carboxylic acids is 2. The van der Waals surface area contributed by atoms with E-state index in [1.54, 1.807) is 0 Å². The van der Waals surface area contributed by atoms with E-state index in [1.165, 1.54) is 20.0 Å². The molecule has 0 radical (unpaired) electrons. The molecular formula is C16H22N2O3. The highest BCUT2D eigenvalue weighted by molar-refractivity contribution is 5.79. The van der Waals surface area contributed by atoms with Gasteiger partial charge < -0.3 is 15.4 Å². The molecule has 1 aromatic rings. The second kappa shape index (κ2) is 7.78. The molecular weight excluding hydrogens is 268 g/mol. The normalized spacial score (nSPS) is 15.3. The Morgan fingerprint density at radius 2 is 2.00 bits per heavy atom. The molecule has 1 aromatic carbocycles. The number of nitrogens with one attached hydrogen (secondary N) is 2. The van der Waals surface area contributed by atoms with E-state index in [0.29, 0.717) is 0 Å². The fourth-order valence-corrected chi connectivity index (χ4v) is 2.14. The number of methoxy groups -OCH3 is 1. The van der Waals surface area contributed by atoms with Gasteiger partial charge in [0.1, 0.15) is 0 Å². The summed E-state index contributed by atoms with van der Waals surface area (Å²) in [7, 11) is 1.35. The van der Waals surface area contributed by atoms with Crippen molar-refractivity contribution in [2.45, 2.75) is 25.3 Å². The van der Waals surface area contributed by atoms with E-state index in [0.717, 1.165) is 18.0 Å². The lowest BCUT2D eigenvalue weighted by Crippen LogP contribution is -2.37. The summed E-state index contributed by atoms with van der Waals surface area (Å²) in [5, 5.41) is 6.03. The Morgan fingerprint density at radius 1 is 1.29 bits per heavy atom. The minimum Gasteiger partial charge on any atom is -0.469 e. The fraction of sp³-hybridized carbons (Fsp3) is 0.500. The number of rotatable bonds is 8. The molecule has 1 atom stereocenters. The molecule has 5 nitrogen and oxygen atoms in total. The summed E-state index contributed by atoms with van der Waals surface area (Å²) >= 11 is 0. The molecule has 0 heterocycles. The summed E-state index contributed by atoms with van der Waals surface area (Å²) in [4.78, 5) is 23.5. The predicted molar refractivity (Wildman–Crippen MR) is 79.6 cm³/mol. The van der Waals surface area contributed by atoms with E-state index in [-0.39, 0.29) is 30.9 Å². The van der Waals surface area contributed by atoms with E-state index in [1.807, 2.05) is 30.3 Å². The maximum Gasteiger partial charge on any atom is 0.307 e. The zero-order valence-corrected chi connectivity index (χ0v) is 12.3. The maximum atomic E-state index is 12.0. The van der Waals surface area contributed by atoms with Gasteiger partial charge in [-0.25, -0.2) is 0 Å². The number of benzene rings is 1. The van der Waals surface area contributed by atoms with Gasteiger partial charge in [0.05, 0.1) is 26.1 Å². The molecule has 1 saturated carbocycles. The Labute approximate surface area is 125 Å². The standard InChI is InChI=1S/C16H22N2O3/c1-21-16(20)9-14(13-5-3-2-4-6-13)18-15(19)11-17-10-12-7-8-12/h2-6,12,14,17H,7-11H2,1H3,(H,18,19). The van der Waals surface area contributed by atoms with Crippen LogP contribution in [0.2, 0.25) is 0 Å². The minimum atomic E-state index is -0.353. The van der Waals surface area contributed by atoms with Crippen molar-refractivity contribution in [3.05, 3.63) is 35.9 Å². The van der Waals surface area contributed by atoms with E-state index in [2.05, 4.69) is 10.6 Å². The van der Waals surface area contributed by atoms with Gasteiger partial charge in [0.2, 0.25) is 5.91 Å². The lowest BCUT2D eigenvalue weighted by Gasteiger charge is -2.18. The zero-order chi connectivity index (χ0) is 15.1. The first kappa shape index (κ1) is 15.5. The Bertz CT molecular complexity index is 472. The van der Waals surface area contributed by atoms with Crippen LogP contribution in [-0.2, 0) is 14.3 Å². The Hall–Kier alpha value is -1.88. The van der Waals surface area contributed by atoms with Crippen LogP contribution in [0.5, 0.6) is 0 Å². The molecule has 5 heteroatoms. The fourth-order valence-electron chi connectivity index (χ4n) is 2.14. The average Bonchev–Trinajstić information content (AvgIpc) is 3.31. The van der Waals surface area contributed by atoms with Crippen molar-refractivity contribution in [1.82, 2.24) is 10.6 Å². The van der Waals surface area contributed by atoms with Gasteiger partial charge in [-0.15, -0.1) is 0 Å². The lowest BCUT2D eigenvalue weighted by molar-refractivity contribution is -0.141. The van der Waals surface area contributed by atoms with E-state index < -0.39 is 0 Å². The molecule has 0 aliphatic heterocycles. The summed E-state index contributed by atoms with van der Waals surface area (Å²) in [6, 6.07) is 9.11. The van der Waals surface area contributed by atoms with Crippen LogP contribution < -0.4 is 10.6 Å². The predicted octanol–water partition coefficient (Wildman–Crippen LogP) is 1.41. The molecule has 0 bridgehead atoms. The number of amides is 1. The van der Waals surface area contributed by atoms with E-state index in [9.17, 15) is 9.59 Å². The highest BCUT2D eigenvalue weighted by Gasteiger charge is 2.22. The van der Waals surface area contributed by atoms with Gasteiger partial charge in [-0.1, -0.05) is 30.3 Å². The summed E-state index contributed by atoms with van der Waals surface area (Å²) in [5.41, 5.74) is 0.901. The Morgan fingerprint density at radius 3 is 2.62 bits per heavy atom. The molecule has 2 rings (SSSR count). The van der Waals surface area contributed by atoms with Crippen LogP contribution in [0, 0.1) is 5.92 Å². The van der Waals surface area contributed by atoms with Gasteiger partial charge in [0.25, 0.3) is 0 Å². The van der Waals surface area contributed by atoms with Gasteiger partial charge in [-0.05, 0) is 30.9 Å². The number of carbonyl (C=O) groups is 2. The van der Waals surface area contributed by atoms with Crippen molar-refractivity contribution >= 4 is 11.9 Å². The molecule has 1 aliphatic rings. The van der Waals surface area contributed by atoms with Crippen molar-refractivity contribution in [3.8, 4) is 0 Å². The molecule has 1 fully saturated rings. The van der Waals surface area contributed by atoms with Crippen LogP contribution in [0.25, 0.3) is 0 Å². The molecule has 1 aliphatic carbocycles. The van der Waals surface area contributed by atoms with Crippen molar-refractivity contribution < 1.29 is 14.3 Å². The van der Waals surface area contributed by atoms with Crippen LogP contribution >= 0.6 is 0 Å². The third-order valence-electron chi connectivity index (χ3n) is 3.55. The van der Waals surface area contributed by atoms with Gasteiger partial charge in [0, 0.05) is 0 Å². The lowest BCUT2D eigenvalue weighted by atomic mass is 10.0. The summed E-state index contributed by atoms with van der Waals surface area (Å²) in [6.07, 6.45) is 2.64. The molecule has 114 valence electrons. The van der Waals surface area contributed by atoms with Crippen molar-refractivity contribution in [2.24, 2.45) is 5.92 Å². The first-order valence-corrected chi connectivity index (χ1v) is 7.31. The molecule has 21 heavy (non-hydrogen) atoms. The minimum absolute atomic E-state index is 0.103. The van der Waals surface area contributed by atoms with Crippen LogP contribution in [0.1, 0.15) is 30.9 Å². The molecule has 2 N–H and O–H groups in total. The quantitative estimate of drug-likeness (QED) is 0.710. The van der Waals surface area contributed by atoms with Crippen LogP contribution in [0.3, 0.4) is 0 Å². The van der Waals surface area contributed by atoms with E-state index in [4.69, 9.17) is 4.74 Å². The van der Waals surface area contributed by atoms with E-state index >= 15 is 0 Å². The third kappa shape index (κ3) is 5.55. The van der Waals surface area contributed by atoms with Gasteiger partial charge in [0.15, 0.2) is 0 Å². The van der Waals surface area contributed by atoms with Crippen LogP contribution in [0.4, 0.5) is 0 Å². The van der Waals surface area contributed by atoms with Crippen molar-refractivity contribution in [1.29, 1.82) is 0 Å². The Kier molecular flexibility index (Phi) is 5.75. The molecule has 0 aromatic heterocycles. The van der Waals surface area contributed by atoms with Gasteiger partial charge in [-0.3, -0.25) is 9.59 Å². The summed E-state index contributed by atoms with van der Waals surface area (Å²) in [6.45, 7) is 1.17. The zero-order valence-electron chi connectivity index (χ0n) is 12.3. The smallest absolute Gasteiger partial charge is 0.307 e. The van der Waals surface area contributed by atoms with Crippen LogP contribution in [-0.4, -0.2) is 32.1 Å². The summed E-state index contributed by atoms with van der Waals surface area (Å²) in [5.74, 6) is 0.293. The van der Waals surface area contributed by atoms with Crippen molar-refractivity contribution in [3.63, 3.8) is 0 Å². The molecule has 0 spiro atoms. The topological polar surface area (TPSA) is 67.4 Å². The summed E-state index contributed by atoms with van der Waals surface area (Å²) < 4.78 is 4.70. The highest BCUT2D eigenvalue weighted by atomic mass is 16.5. The average molecular weight is 290 g/mol. The van der Waals surface area contributed by atoms with Gasteiger partial charge >= 0.3 is 5.97 Å². The number of hydrogen-bond donors (Lipinski definition) is 2. The monoisotopic (exact) mass is 290 g/mol.